The van der Waals surface area contributed by atoms with E-state index in [1.54, 1.807) is 0 Å². The first-order chi connectivity index (χ1) is 9.55. The Morgan fingerprint density at radius 3 is 2.50 bits per heavy atom. The Labute approximate surface area is 125 Å². The zero-order valence-corrected chi connectivity index (χ0v) is 13.7. The molecule has 0 radical (unpaired) electrons. The Morgan fingerprint density at radius 1 is 1.20 bits per heavy atom. The summed E-state index contributed by atoms with van der Waals surface area (Å²) in [7, 11) is 2.11. The van der Waals surface area contributed by atoms with Gasteiger partial charge in [-0.3, -0.25) is 4.90 Å². The molecule has 0 aliphatic heterocycles. The second-order valence-corrected chi connectivity index (χ2v) is 7.72. The van der Waals surface area contributed by atoms with E-state index < -0.39 is 0 Å². The Balaban J connectivity index is 1.98. The first kappa shape index (κ1) is 16.3. The highest BCUT2D eigenvalue weighted by atomic mass is 16.3. The zero-order valence-electron chi connectivity index (χ0n) is 13.7. The van der Waals surface area contributed by atoms with E-state index in [1.807, 2.05) is 0 Å². The van der Waals surface area contributed by atoms with E-state index in [-0.39, 0.29) is 0 Å². The van der Waals surface area contributed by atoms with Crippen LogP contribution in [0.25, 0.3) is 0 Å². The van der Waals surface area contributed by atoms with E-state index in [0.717, 1.165) is 18.5 Å². The Hall–Kier alpha value is -0.120. The number of nitrogens with zero attached hydrogens (tertiary/aromatic N) is 1. The van der Waals surface area contributed by atoms with Crippen LogP contribution in [0.2, 0.25) is 0 Å². The lowest BCUT2D eigenvalue weighted by molar-refractivity contribution is 0.0732. The molecule has 2 rings (SSSR count). The summed E-state index contributed by atoms with van der Waals surface area (Å²) in [5.41, 5.74) is 0.485. The summed E-state index contributed by atoms with van der Waals surface area (Å²) in [6, 6.07) is 1.38. The zero-order chi connectivity index (χ0) is 14.6. The minimum Gasteiger partial charge on any atom is -0.395 e. The normalized spacial score (nSPS) is 31.1. The van der Waals surface area contributed by atoms with Crippen molar-refractivity contribution in [3.63, 3.8) is 0 Å². The molecule has 0 heterocycles. The molecule has 2 atom stereocenters. The molecule has 0 saturated heterocycles. The van der Waals surface area contributed by atoms with Crippen molar-refractivity contribution in [3.8, 4) is 0 Å². The van der Waals surface area contributed by atoms with Crippen LogP contribution in [0.4, 0.5) is 0 Å². The molecule has 118 valence electrons. The number of hydrogen-bond acceptors (Lipinski definition) is 3. The van der Waals surface area contributed by atoms with Crippen molar-refractivity contribution in [2.24, 2.45) is 11.3 Å². The molecule has 0 aromatic heterocycles. The largest absolute Gasteiger partial charge is 0.395 e. The minimum atomic E-state index is 0.302. The van der Waals surface area contributed by atoms with Crippen LogP contribution in [-0.4, -0.2) is 48.8 Å². The first-order valence-corrected chi connectivity index (χ1v) is 8.58. The third-order valence-corrected chi connectivity index (χ3v) is 5.58. The van der Waals surface area contributed by atoms with Crippen molar-refractivity contribution in [3.05, 3.63) is 0 Å². The van der Waals surface area contributed by atoms with Gasteiger partial charge in [-0.1, -0.05) is 26.7 Å². The molecule has 2 N–H and O–H groups in total. The first-order valence-electron chi connectivity index (χ1n) is 8.58. The van der Waals surface area contributed by atoms with Crippen LogP contribution in [0.5, 0.6) is 0 Å². The summed E-state index contributed by atoms with van der Waals surface area (Å²) >= 11 is 0. The van der Waals surface area contributed by atoms with Crippen molar-refractivity contribution in [1.29, 1.82) is 0 Å². The molecule has 2 aliphatic carbocycles. The van der Waals surface area contributed by atoms with Crippen LogP contribution in [0, 0.1) is 11.3 Å². The summed E-state index contributed by atoms with van der Waals surface area (Å²) < 4.78 is 0. The lowest BCUT2D eigenvalue weighted by Gasteiger charge is -2.43. The number of nitrogens with one attached hydrogen (secondary N) is 1. The predicted octanol–water partition coefficient (Wildman–Crippen LogP) is 2.64. The lowest BCUT2D eigenvalue weighted by atomic mass is 9.69. The van der Waals surface area contributed by atoms with Crippen LogP contribution < -0.4 is 5.32 Å². The van der Waals surface area contributed by atoms with E-state index in [0.29, 0.717) is 18.1 Å². The topological polar surface area (TPSA) is 35.5 Å². The fourth-order valence-corrected chi connectivity index (χ4v) is 4.43. The number of aliphatic hydroxyl groups is 1. The van der Waals surface area contributed by atoms with Gasteiger partial charge in [0.05, 0.1) is 6.61 Å². The molecule has 3 nitrogen and oxygen atoms in total. The second-order valence-electron chi connectivity index (χ2n) is 7.72. The van der Waals surface area contributed by atoms with Gasteiger partial charge in [0.15, 0.2) is 0 Å². The molecule has 0 aromatic carbocycles. The van der Waals surface area contributed by atoms with Gasteiger partial charge in [0.1, 0.15) is 0 Å². The van der Waals surface area contributed by atoms with Crippen molar-refractivity contribution in [2.45, 2.75) is 70.9 Å². The van der Waals surface area contributed by atoms with E-state index >= 15 is 0 Å². The highest BCUT2D eigenvalue weighted by molar-refractivity contribution is 4.91. The molecule has 0 amide bonds. The predicted molar refractivity (Wildman–Crippen MR) is 84.9 cm³/mol. The van der Waals surface area contributed by atoms with Crippen LogP contribution in [0.3, 0.4) is 0 Å². The van der Waals surface area contributed by atoms with Gasteiger partial charge in [0, 0.05) is 25.2 Å². The molecule has 0 aromatic rings. The average Bonchev–Trinajstić information content (AvgIpc) is 2.91. The molecule has 2 fully saturated rings. The van der Waals surface area contributed by atoms with Gasteiger partial charge in [-0.25, -0.2) is 0 Å². The summed E-state index contributed by atoms with van der Waals surface area (Å²) in [4.78, 5) is 2.59. The molecular formula is C17H34N2O. The molecule has 3 heteroatoms. The quantitative estimate of drug-likeness (QED) is 0.786. The third-order valence-electron chi connectivity index (χ3n) is 5.58. The maximum Gasteiger partial charge on any atom is 0.0558 e. The second kappa shape index (κ2) is 7.24. The highest BCUT2D eigenvalue weighted by Crippen LogP contribution is 2.39. The van der Waals surface area contributed by atoms with Crippen LogP contribution in [-0.2, 0) is 0 Å². The molecule has 0 spiro atoms. The maximum atomic E-state index is 9.39. The van der Waals surface area contributed by atoms with E-state index in [4.69, 9.17) is 0 Å². The smallest absolute Gasteiger partial charge is 0.0558 e. The van der Waals surface area contributed by atoms with E-state index in [1.165, 1.54) is 51.5 Å². The minimum absolute atomic E-state index is 0.302. The molecular weight excluding hydrogens is 248 g/mol. The summed E-state index contributed by atoms with van der Waals surface area (Å²) in [5.74, 6) is 0.732. The molecule has 0 bridgehead atoms. The van der Waals surface area contributed by atoms with Crippen molar-refractivity contribution in [2.75, 3.05) is 26.7 Å². The van der Waals surface area contributed by atoms with Crippen molar-refractivity contribution in [1.82, 2.24) is 10.2 Å². The van der Waals surface area contributed by atoms with Crippen LogP contribution in [0.15, 0.2) is 0 Å². The summed E-state index contributed by atoms with van der Waals surface area (Å²) in [5, 5.41) is 12.9. The van der Waals surface area contributed by atoms with Crippen molar-refractivity contribution < 1.29 is 5.11 Å². The van der Waals surface area contributed by atoms with Gasteiger partial charge in [0.25, 0.3) is 0 Å². The molecule has 2 saturated carbocycles. The van der Waals surface area contributed by atoms with Gasteiger partial charge < -0.3 is 10.4 Å². The third kappa shape index (κ3) is 4.19. The Kier molecular flexibility index (Phi) is 5.88. The number of aliphatic hydroxyl groups excluding tert-OH is 1. The van der Waals surface area contributed by atoms with E-state index in [9.17, 15) is 5.11 Å². The fourth-order valence-electron chi connectivity index (χ4n) is 4.43. The fraction of sp³-hybridized carbons (Fsp3) is 1.00. The van der Waals surface area contributed by atoms with Crippen LogP contribution in [0.1, 0.15) is 58.8 Å². The van der Waals surface area contributed by atoms with Gasteiger partial charge in [0.2, 0.25) is 0 Å². The van der Waals surface area contributed by atoms with Gasteiger partial charge >= 0.3 is 0 Å². The summed E-state index contributed by atoms with van der Waals surface area (Å²) in [6.45, 7) is 7.16. The lowest BCUT2D eigenvalue weighted by Crippen LogP contribution is -2.48. The van der Waals surface area contributed by atoms with Gasteiger partial charge in [-0.05, 0) is 50.5 Å². The Bertz CT molecular complexity index is 287. The van der Waals surface area contributed by atoms with Crippen molar-refractivity contribution >= 4 is 0 Å². The average molecular weight is 282 g/mol. The molecule has 2 aliphatic rings. The molecule has 2 unspecified atom stereocenters. The highest BCUT2D eigenvalue weighted by Gasteiger charge is 2.36. The standard InChI is InChI=1S/C17H34N2O/c1-17(2)9-8-16(18-3)14(12-17)13-19(10-11-20)15-6-4-5-7-15/h14-16,18,20H,4-13H2,1-3H3. The van der Waals surface area contributed by atoms with Gasteiger partial charge in [-0.2, -0.15) is 0 Å². The van der Waals surface area contributed by atoms with Crippen LogP contribution >= 0.6 is 0 Å². The van der Waals surface area contributed by atoms with E-state index in [2.05, 4.69) is 31.1 Å². The number of hydrogen-bond donors (Lipinski definition) is 2. The number of rotatable bonds is 6. The monoisotopic (exact) mass is 282 g/mol. The maximum absolute atomic E-state index is 9.39. The van der Waals surface area contributed by atoms with Gasteiger partial charge in [-0.15, -0.1) is 0 Å². The summed E-state index contributed by atoms with van der Waals surface area (Å²) in [6.07, 6.45) is 9.36. The Morgan fingerprint density at radius 2 is 1.90 bits per heavy atom. The molecule has 20 heavy (non-hydrogen) atoms. The SMILES string of the molecule is CNC1CCC(C)(C)CC1CN(CCO)C1CCCC1.